The molecular formula is C34H44N4O7S. The number of aromatic hydroxyl groups is 1. The van der Waals surface area contributed by atoms with Crippen molar-refractivity contribution < 1.29 is 34.8 Å². The molecule has 0 aliphatic heterocycles. The molecule has 248 valence electrons. The van der Waals surface area contributed by atoms with Crippen LogP contribution in [-0.2, 0) is 27.3 Å². The zero-order chi connectivity index (χ0) is 34.0. The summed E-state index contributed by atoms with van der Waals surface area (Å²) in [5, 5.41) is 49.7. The van der Waals surface area contributed by atoms with Crippen molar-refractivity contribution in [1.82, 2.24) is 4.90 Å². The number of aliphatic hydroxyl groups excluding tert-OH is 2. The fourth-order valence-corrected chi connectivity index (χ4v) is 8.53. The van der Waals surface area contributed by atoms with Gasteiger partial charge in [-0.2, -0.15) is 0 Å². The predicted molar refractivity (Wildman–Crippen MR) is 178 cm³/mol. The number of nitrogens with zero attached hydrogens (tertiary/aromatic N) is 2. The van der Waals surface area contributed by atoms with Crippen LogP contribution < -0.4 is 16.0 Å². The molecule has 6 atom stereocenters. The molecule has 1 amide bonds. The normalized spacial score (nSPS) is 27.7. The monoisotopic (exact) mass is 652 g/mol. The Balaban J connectivity index is 1.60. The number of Topliss-reactive ketones (excluding diaryl/α,β-unsaturated/α-hetero) is 2. The molecule has 0 saturated heterocycles. The molecule has 0 bridgehead atoms. The van der Waals surface area contributed by atoms with Crippen LogP contribution in [0.15, 0.2) is 40.8 Å². The van der Waals surface area contributed by atoms with Gasteiger partial charge in [0.05, 0.1) is 17.4 Å². The standard InChI is InChI=1S/C34H44N4O7S/c1-33(2,3)46-22-11-9-8-10-16(22)15-36-20-14-21(37(4)5)18-12-17-13-19-26(38(6)7)29(41)25(32(35)44)31(43)34(19,45)30(42)23(17)28(40)24(18)27(20)39/h8-11,14,17,19,25-26,29,36,39-41,45H,12-13,15H2,1-7H3,(H2,35,44)/t17-,19-,25?,26-,29?,34-/m0/s1. The highest BCUT2D eigenvalue weighted by Crippen LogP contribution is 2.54. The largest absolute Gasteiger partial charge is 0.507 e. The molecule has 2 unspecified atom stereocenters. The second-order valence-electron chi connectivity index (χ2n) is 14.0. The predicted octanol–water partition coefficient (Wildman–Crippen LogP) is 2.70. The van der Waals surface area contributed by atoms with E-state index in [1.54, 1.807) is 36.8 Å². The molecule has 3 aliphatic carbocycles. The fraction of sp³-hybridized carbons (Fsp3) is 0.500. The first-order chi connectivity index (χ1) is 21.4. The number of likely N-dealkylation sites (N-methyl/N-ethyl adjacent to an activating group) is 1. The maximum absolute atomic E-state index is 14.2. The van der Waals surface area contributed by atoms with Gasteiger partial charge in [-0.1, -0.05) is 39.0 Å². The van der Waals surface area contributed by atoms with Crippen LogP contribution in [0.2, 0.25) is 0 Å². The Morgan fingerprint density at radius 1 is 1.13 bits per heavy atom. The number of nitrogens with one attached hydrogen (secondary N) is 1. The topological polar surface area (TPSA) is 177 Å². The van der Waals surface area contributed by atoms with Crippen molar-refractivity contribution in [3.8, 4) is 5.75 Å². The Bertz CT molecular complexity index is 1630. The van der Waals surface area contributed by atoms with E-state index in [1.807, 2.05) is 43.3 Å². The van der Waals surface area contributed by atoms with Crippen LogP contribution >= 0.6 is 11.8 Å². The lowest BCUT2D eigenvalue weighted by atomic mass is 9.54. The molecule has 2 aromatic carbocycles. The first-order valence-electron chi connectivity index (χ1n) is 15.4. The Morgan fingerprint density at radius 3 is 2.37 bits per heavy atom. The van der Waals surface area contributed by atoms with Crippen molar-refractivity contribution in [2.75, 3.05) is 38.4 Å². The van der Waals surface area contributed by atoms with Crippen molar-refractivity contribution in [2.24, 2.45) is 23.5 Å². The summed E-state index contributed by atoms with van der Waals surface area (Å²) in [5.74, 6) is -7.66. The Hall–Kier alpha value is -3.58. The van der Waals surface area contributed by atoms with Gasteiger partial charge in [-0.3, -0.25) is 14.4 Å². The summed E-state index contributed by atoms with van der Waals surface area (Å²) in [7, 11) is 6.94. The lowest BCUT2D eigenvalue weighted by Gasteiger charge is -2.53. The summed E-state index contributed by atoms with van der Waals surface area (Å²) in [6.45, 7) is 6.77. The molecule has 2 aromatic rings. The van der Waals surface area contributed by atoms with Gasteiger partial charge in [0.15, 0.2) is 11.4 Å². The number of carbonyl (C=O) groups excluding carboxylic acids is 3. The van der Waals surface area contributed by atoms with Crippen LogP contribution in [0.3, 0.4) is 0 Å². The summed E-state index contributed by atoms with van der Waals surface area (Å²) < 4.78 is -0.0197. The highest BCUT2D eigenvalue weighted by atomic mass is 32.2. The van der Waals surface area contributed by atoms with E-state index in [1.165, 1.54) is 0 Å². The number of rotatable bonds is 7. The van der Waals surface area contributed by atoms with Crippen LogP contribution in [0.4, 0.5) is 11.4 Å². The average Bonchev–Trinajstić information content (AvgIpc) is 2.94. The molecule has 0 heterocycles. The number of amides is 1. The molecule has 2 fully saturated rings. The third-order valence-electron chi connectivity index (χ3n) is 9.40. The van der Waals surface area contributed by atoms with E-state index < -0.39 is 58.7 Å². The maximum atomic E-state index is 14.2. The van der Waals surface area contributed by atoms with Gasteiger partial charge >= 0.3 is 0 Å². The SMILES string of the molecule is CN(C)c1cc(NCc2ccccc2SC(C)(C)C)c(O)c2c1C[C@H]1C[C@H]3[C@H](N(C)C)C(O)C(C(N)=O)C(=O)[C@@]3(O)C(=O)C1=C2O. The molecule has 12 heteroatoms. The third kappa shape index (κ3) is 5.44. The molecular weight excluding hydrogens is 608 g/mol. The number of carbonyl (C=O) groups is 3. The molecule has 5 rings (SSSR count). The summed E-state index contributed by atoms with van der Waals surface area (Å²) in [6, 6.07) is 8.83. The summed E-state index contributed by atoms with van der Waals surface area (Å²) in [6.07, 6.45) is -1.24. The van der Waals surface area contributed by atoms with E-state index in [0.29, 0.717) is 23.5 Å². The van der Waals surface area contributed by atoms with Crippen molar-refractivity contribution in [3.05, 3.63) is 52.6 Å². The van der Waals surface area contributed by atoms with Crippen molar-refractivity contribution in [1.29, 1.82) is 0 Å². The van der Waals surface area contributed by atoms with Crippen LogP contribution in [-0.4, -0.2) is 93.5 Å². The van der Waals surface area contributed by atoms with Gasteiger partial charge in [-0.25, -0.2) is 0 Å². The maximum Gasteiger partial charge on any atom is 0.230 e. The second kappa shape index (κ2) is 11.9. The summed E-state index contributed by atoms with van der Waals surface area (Å²) in [5.41, 5.74) is 5.33. The number of phenolic OH excluding ortho intramolecular Hbond substituents is 1. The molecule has 7 N–H and O–H groups in total. The molecule has 0 radical (unpaired) electrons. The zero-order valence-corrected chi connectivity index (χ0v) is 28.1. The van der Waals surface area contributed by atoms with Gasteiger partial charge in [0.1, 0.15) is 17.4 Å². The van der Waals surface area contributed by atoms with Crippen molar-refractivity contribution >= 4 is 46.4 Å². The van der Waals surface area contributed by atoms with Crippen LogP contribution in [0.25, 0.3) is 5.76 Å². The lowest BCUT2D eigenvalue weighted by Crippen LogP contribution is -2.73. The van der Waals surface area contributed by atoms with Gasteiger partial charge in [-0.05, 0) is 56.1 Å². The van der Waals surface area contributed by atoms with Crippen LogP contribution in [0, 0.1) is 17.8 Å². The number of thioether (sulfide) groups is 1. The van der Waals surface area contributed by atoms with E-state index >= 15 is 0 Å². The Morgan fingerprint density at radius 2 is 1.78 bits per heavy atom. The minimum Gasteiger partial charge on any atom is -0.507 e. The molecule has 3 aliphatic rings. The van der Waals surface area contributed by atoms with Crippen molar-refractivity contribution in [2.45, 2.75) is 67.5 Å². The number of hydrogen-bond donors (Lipinski definition) is 6. The highest BCUT2D eigenvalue weighted by molar-refractivity contribution is 8.00. The Kier molecular flexibility index (Phi) is 8.73. The highest BCUT2D eigenvalue weighted by Gasteiger charge is 2.67. The van der Waals surface area contributed by atoms with E-state index in [9.17, 15) is 34.8 Å². The van der Waals surface area contributed by atoms with Gasteiger partial charge in [0.2, 0.25) is 11.7 Å². The van der Waals surface area contributed by atoms with Crippen LogP contribution in [0.1, 0.15) is 43.9 Å². The zero-order valence-electron chi connectivity index (χ0n) is 27.3. The molecule has 11 nitrogen and oxygen atoms in total. The van der Waals surface area contributed by atoms with E-state index in [-0.39, 0.29) is 34.5 Å². The number of anilines is 2. The quantitative estimate of drug-likeness (QED) is 0.147. The summed E-state index contributed by atoms with van der Waals surface area (Å²) >= 11 is 1.73. The number of aliphatic hydroxyl groups is 3. The minimum atomic E-state index is -2.70. The third-order valence-corrected chi connectivity index (χ3v) is 10.6. The molecule has 0 spiro atoms. The number of benzene rings is 2. The number of primary amides is 1. The van der Waals surface area contributed by atoms with Crippen molar-refractivity contribution in [3.63, 3.8) is 0 Å². The Labute approximate surface area is 273 Å². The molecule has 46 heavy (non-hydrogen) atoms. The molecule has 0 aromatic heterocycles. The number of hydrogen-bond acceptors (Lipinski definition) is 11. The fourth-order valence-electron chi connectivity index (χ4n) is 7.46. The summed E-state index contributed by atoms with van der Waals surface area (Å²) in [4.78, 5) is 44.7. The minimum absolute atomic E-state index is 0.0197. The number of nitrogens with two attached hydrogens (primary N) is 1. The van der Waals surface area contributed by atoms with E-state index in [0.717, 1.165) is 10.5 Å². The smallest absolute Gasteiger partial charge is 0.230 e. The van der Waals surface area contributed by atoms with Gasteiger partial charge in [-0.15, -0.1) is 11.8 Å². The van der Waals surface area contributed by atoms with Gasteiger partial charge in [0, 0.05) is 53.5 Å². The first kappa shape index (κ1) is 33.8. The number of ketones is 2. The number of fused-ring (bicyclic) bond motifs is 3. The molecule has 2 saturated carbocycles. The first-order valence-corrected chi connectivity index (χ1v) is 16.2. The van der Waals surface area contributed by atoms with E-state index in [2.05, 4.69) is 26.1 Å². The number of phenols is 1. The van der Waals surface area contributed by atoms with E-state index in [4.69, 9.17) is 5.73 Å². The van der Waals surface area contributed by atoms with Gasteiger partial charge < -0.3 is 41.3 Å². The second-order valence-corrected chi connectivity index (χ2v) is 15.9. The van der Waals surface area contributed by atoms with Crippen LogP contribution in [0.5, 0.6) is 5.75 Å². The average molecular weight is 653 g/mol. The van der Waals surface area contributed by atoms with Gasteiger partial charge in [0.25, 0.3) is 0 Å². The lowest BCUT2D eigenvalue weighted by molar-refractivity contribution is -0.184.